The van der Waals surface area contributed by atoms with Gasteiger partial charge in [-0.1, -0.05) is 12.1 Å². The van der Waals surface area contributed by atoms with Crippen molar-refractivity contribution in [1.29, 1.82) is 0 Å². The lowest BCUT2D eigenvalue weighted by molar-refractivity contribution is -0.107. The van der Waals surface area contributed by atoms with Crippen molar-refractivity contribution in [2.45, 2.75) is 19.3 Å². The Hall–Kier alpha value is -1.31. The molecular formula is C11H13NO. The molecule has 2 nitrogen and oxygen atoms in total. The Labute approximate surface area is 78.0 Å². The van der Waals surface area contributed by atoms with Crippen LogP contribution in [-0.4, -0.2) is 12.8 Å². The highest BCUT2D eigenvalue weighted by atomic mass is 16.1. The summed E-state index contributed by atoms with van der Waals surface area (Å²) < 4.78 is 0. The Morgan fingerprint density at radius 2 is 2.38 bits per heavy atom. The maximum atomic E-state index is 10.3. The minimum atomic E-state index is 0.535. The van der Waals surface area contributed by atoms with Crippen molar-refractivity contribution in [3.63, 3.8) is 0 Å². The quantitative estimate of drug-likeness (QED) is 0.694. The third kappa shape index (κ3) is 1.72. The van der Waals surface area contributed by atoms with E-state index in [9.17, 15) is 4.79 Å². The number of anilines is 1. The van der Waals surface area contributed by atoms with E-state index in [1.807, 2.05) is 6.07 Å². The van der Waals surface area contributed by atoms with Crippen LogP contribution in [0.3, 0.4) is 0 Å². The number of aldehydes is 1. The van der Waals surface area contributed by atoms with Gasteiger partial charge in [-0.05, 0) is 30.0 Å². The fourth-order valence-corrected chi connectivity index (χ4v) is 1.75. The minimum absolute atomic E-state index is 0.535. The summed E-state index contributed by atoms with van der Waals surface area (Å²) in [6, 6.07) is 6.23. The largest absolute Gasteiger partial charge is 0.385 e. The van der Waals surface area contributed by atoms with Gasteiger partial charge in [-0.25, -0.2) is 0 Å². The number of carbonyl (C=O) groups excluding carboxylic acids is 1. The number of hydrogen-bond acceptors (Lipinski definition) is 2. The standard InChI is InChI=1S/C11H13NO/c13-7-5-9-3-4-11-10(8-9)2-1-6-12-11/h3-4,7-8,12H,1-2,5-6H2. The summed E-state index contributed by atoms with van der Waals surface area (Å²) in [5.74, 6) is 0. The monoisotopic (exact) mass is 175 g/mol. The predicted octanol–water partition coefficient (Wildman–Crippen LogP) is 1.79. The highest BCUT2D eigenvalue weighted by Crippen LogP contribution is 2.22. The van der Waals surface area contributed by atoms with Gasteiger partial charge in [0.25, 0.3) is 0 Å². The van der Waals surface area contributed by atoms with Crippen molar-refractivity contribution >= 4 is 12.0 Å². The van der Waals surface area contributed by atoms with Crippen LogP contribution in [0.25, 0.3) is 0 Å². The third-order valence-corrected chi connectivity index (χ3v) is 2.43. The van der Waals surface area contributed by atoms with Gasteiger partial charge in [-0.3, -0.25) is 0 Å². The van der Waals surface area contributed by atoms with Crippen LogP contribution in [0.15, 0.2) is 18.2 Å². The number of rotatable bonds is 2. The first-order valence-electron chi connectivity index (χ1n) is 4.69. The zero-order valence-corrected chi connectivity index (χ0v) is 7.55. The smallest absolute Gasteiger partial charge is 0.124 e. The van der Waals surface area contributed by atoms with Crippen LogP contribution in [0.4, 0.5) is 5.69 Å². The summed E-state index contributed by atoms with van der Waals surface area (Å²) in [6.45, 7) is 1.07. The highest BCUT2D eigenvalue weighted by Gasteiger charge is 2.07. The van der Waals surface area contributed by atoms with Gasteiger partial charge in [0.1, 0.15) is 6.29 Å². The number of carbonyl (C=O) groups is 1. The van der Waals surface area contributed by atoms with E-state index in [0.29, 0.717) is 6.42 Å². The van der Waals surface area contributed by atoms with E-state index in [1.165, 1.54) is 17.7 Å². The molecule has 2 rings (SSSR count). The lowest BCUT2D eigenvalue weighted by atomic mass is 10.00. The Kier molecular flexibility index (Phi) is 2.30. The molecule has 0 amide bonds. The number of benzene rings is 1. The molecule has 1 aliphatic heterocycles. The molecule has 0 saturated carbocycles. The second-order valence-electron chi connectivity index (χ2n) is 3.39. The molecule has 1 aromatic carbocycles. The predicted molar refractivity (Wildman–Crippen MR) is 53.0 cm³/mol. The average Bonchev–Trinajstić information content (AvgIpc) is 2.18. The Balaban J connectivity index is 2.29. The van der Waals surface area contributed by atoms with Crippen molar-refractivity contribution in [3.8, 4) is 0 Å². The second-order valence-corrected chi connectivity index (χ2v) is 3.39. The lowest BCUT2D eigenvalue weighted by Gasteiger charge is -2.18. The van der Waals surface area contributed by atoms with Crippen LogP contribution < -0.4 is 5.32 Å². The molecule has 0 atom stereocenters. The fourth-order valence-electron chi connectivity index (χ4n) is 1.75. The van der Waals surface area contributed by atoms with E-state index in [2.05, 4.69) is 17.4 Å². The SMILES string of the molecule is O=CCc1ccc2c(c1)CCCN2. The van der Waals surface area contributed by atoms with Crippen LogP contribution in [0.5, 0.6) is 0 Å². The highest BCUT2D eigenvalue weighted by molar-refractivity contribution is 5.59. The molecule has 0 radical (unpaired) electrons. The van der Waals surface area contributed by atoms with Crippen molar-refractivity contribution < 1.29 is 4.79 Å². The van der Waals surface area contributed by atoms with E-state index in [4.69, 9.17) is 0 Å². The number of aryl methyl sites for hydroxylation is 1. The molecule has 0 unspecified atom stereocenters. The molecular weight excluding hydrogens is 162 g/mol. The van der Waals surface area contributed by atoms with Crippen molar-refractivity contribution in [3.05, 3.63) is 29.3 Å². The Morgan fingerprint density at radius 1 is 1.46 bits per heavy atom. The van der Waals surface area contributed by atoms with Gasteiger partial charge >= 0.3 is 0 Å². The Morgan fingerprint density at radius 3 is 3.23 bits per heavy atom. The molecule has 2 heteroatoms. The van der Waals surface area contributed by atoms with Gasteiger partial charge in [0.15, 0.2) is 0 Å². The normalized spacial score (nSPS) is 14.5. The number of fused-ring (bicyclic) bond motifs is 1. The molecule has 0 saturated heterocycles. The first-order valence-corrected chi connectivity index (χ1v) is 4.69. The molecule has 1 aromatic rings. The van der Waals surface area contributed by atoms with E-state index in [0.717, 1.165) is 24.8 Å². The topological polar surface area (TPSA) is 29.1 Å². The van der Waals surface area contributed by atoms with Crippen LogP contribution in [0.2, 0.25) is 0 Å². The first kappa shape index (κ1) is 8.30. The lowest BCUT2D eigenvalue weighted by Crippen LogP contribution is -2.11. The second kappa shape index (κ2) is 3.60. The van der Waals surface area contributed by atoms with Crippen molar-refractivity contribution in [1.82, 2.24) is 0 Å². The van der Waals surface area contributed by atoms with Crippen LogP contribution >= 0.6 is 0 Å². The molecule has 0 aromatic heterocycles. The molecule has 13 heavy (non-hydrogen) atoms. The van der Waals surface area contributed by atoms with Gasteiger partial charge in [0.2, 0.25) is 0 Å². The Bertz CT molecular complexity index is 320. The summed E-state index contributed by atoms with van der Waals surface area (Å²) in [6.07, 6.45) is 3.82. The summed E-state index contributed by atoms with van der Waals surface area (Å²) in [5, 5.41) is 3.34. The summed E-state index contributed by atoms with van der Waals surface area (Å²) >= 11 is 0. The van der Waals surface area contributed by atoms with Gasteiger partial charge in [-0.2, -0.15) is 0 Å². The summed E-state index contributed by atoms with van der Waals surface area (Å²) in [5.41, 5.74) is 3.71. The van der Waals surface area contributed by atoms with Gasteiger partial charge in [-0.15, -0.1) is 0 Å². The van der Waals surface area contributed by atoms with Crippen molar-refractivity contribution in [2.75, 3.05) is 11.9 Å². The molecule has 1 heterocycles. The molecule has 0 spiro atoms. The van der Waals surface area contributed by atoms with Crippen molar-refractivity contribution in [2.24, 2.45) is 0 Å². The zero-order chi connectivity index (χ0) is 9.10. The zero-order valence-electron chi connectivity index (χ0n) is 7.55. The van der Waals surface area contributed by atoms with E-state index in [1.54, 1.807) is 0 Å². The number of nitrogens with one attached hydrogen (secondary N) is 1. The first-order chi connectivity index (χ1) is 6.40. The molecule has 1 aliphatic rings. The average molecular weight is 175 g/mol. The third-order valence-electron chi connectivity index (χ3n) is 2.43. The maximum Gasteiger partial charge on any atom is 0.124 e. The molecule has 0 bridgehead atoms. The minimum Gasteiger partial charge on any atom is -0.385 e. The maximum absolute atomic E-state index is 10.3. The van der Waals surface area contributed by atoms with Gasteiger partial charge in [0.05, 0.1) is 0 Å². The van der Waals surface area contributed by atoms with E-state index < -0.39 is 0 Å². The molecule has 0 fully saturated rings. The van der Waals surface area contributed by atoms with E-state index in [-0.39, 0.29) is 0 Å². The van der Waals surface area contributed by atoms with Crippen LogP contribution in [0.1, 0.15) is 17.5 Å². The van der Waals surface area contributed by atoms with Gasteiger partial charge in [0, 0.05) is 18.7 Å². The fraction of sp³-hybridized carbons (Fsp3) is 0.364. The number of hydrogen-bond donors (Lipinski definition) is 1. The summed E-state index contributed by atoms with van der Waals surface area (Å²) in [4.78, 5) is 10.3. The molecule has 68 valence electrons. The molecule has 0 aliphatic carbocycles. The summed E-state index contributed by atoms with van der Waals surface area (Å²) in [7, 11) is 0. The van der Waals surface area contributed by atoms with Crippen LogP contribution in [-0.2, 0) is 17.6 Å². The van der Waals surface area contributed by atoms with Crippen LogP contribution in [0, 0.1) is 0 Å². The van der Waals surface area contributed by atoms with Gasteiger partial charge < -0.3 is 10.1 Å². The molecule has 1 N–H and O–H groups in total. The van der Waals surface area contributed by atoms with E-state index >= 15 is 0 Å².